The van der Waals surface area contributed by atoms with Crippen LogP contribution >= 0.6 is 0 Å². The van der Waals surface area contributed by atoms with Gasteiger partial charge in [-0.25, -0.2) is 4.79 Å². The predicted molar refractivity (Wildman–Crippen MR) is 93.8 cm³/mol. The fourth-order valence-electron chi connectivity index (χ4n) is 5.17. The van der Waals surface area contributed by atoms with Crippen LogP contribution in [0.1, 0.15) is 49.0 Å². The molecule has 0 saturated carbocycles. The van der Waals surface area contributed by atoms with E-state index in [-0.39, 0.29) is 41.3 Å². The first kappa shape index (κ1) is 10.7. The van der Waals surface area contributed by atoms with E-state index in [0.29, 0.717) is 17.3 Å². The molecule has 0 radical (unpaired) electrons. The van der Waals surface area contributed by atoms with E-state index in [1.165, 1.54) is 0 Å². The van der Waals surface area contributed by atoms with Crippen molar-refractivity contribution in [3.63, 3.8) is 0 Å². The molecule has 5 rings (SSSR count). The second-order valence-electron chi connectivity index (χ2n) is 7.14. The van der Waals surface area contributed by atoms with Crippen LogP contribution in [0.4, 0.5) is 0 Å². The summed E-state index contributed by atoms with van der Waals surface area (Å²) in [6.45, 7) is 3.89. The Balaban J connectivity index is 1.99. The third-order valence-electron chi connectivity index (χ3n) is 6.19. The Kier molecular flexibility index (Phi) is 2.11. The predicted octanol–water partition coefficient (Wildman–Crippen LogP) is 3.67. The zero-order valence-electron chi connectivity index (χ0n) is 17.6. The summed E-state index contributed by atoms with van der Waals surface area (Å²) in [6, 6.07) is -0.785. The van der Waals surface area contributed by atoms with E-state index < -0.39 is 5.97 Å². The van der Waals surface area contributed by atoms with Gasteiger partial charge >= 0.3 is 5.97 Å². The second kappa shape index (κ2) is 4.73. The summed E-state index contributed by atoms with van der Waals surface area (Å²) >= 11 is 0. The molecule has 1 aromatic heterocycles. The van der Waals surface area contributed by atoms with E-state index in [4.69, 9.17) is 5.48 Å². The Bertz CT molecular complexity index is 1090. The summed E-state index contributed by atoms with van der Waals surface area (Å²) in [5.41, 5.74) is 1.92. The van der Waals surface area contributed by atoms with Gasteiger partial charge in [0.05, 0.1) is 17.0 Å². The maximum Gasteiger partial charge on any atom is 0.352 e. The van der Waals surface area contributed by atoms with Crippen molar-refractivity contribution in [3.05, 3.63) is 41.5 Å². The lowest BCUT2D eigenvalue weighted by molar-refractivity contribution is -0.131. The van der Waals surface area contributed by atoms with Crippen molar-refractivity contribution >= 4 is 22.6 Å². The van der Waals surface area contributed by atoms with E-state index in [2.05, 4.69) is 11.8 Å². The van der Waals surface area contributed by atoms with Gasteiger partial charge in [0, 0.05) is 23.0 Å². The molecule has 0 amide bonds. The molecule has 0 unspecified atom stereocenters. The molecule has 1 N–H and O–H groups in total. The summed E-state index contributed by atoms with van der Waals surface area (Å²) in [4.78, 5) is 14.7. The summed E-state index contributed by atoms with van der Waals surface area (Å²) in [5.74, 6) is -1.05. The molecule has 1 fully saturated rings. The zero-order valence-corrected chi connectivity index (χ0v) is 13.6. The average Bonchev–Trinajstić information content (AvgIpc) is 3.04. The van der Waals surface area contributed by atoms with E-state index in [1.807, 2.05) is 6.08 Å². The molecule has 4 heterocycles. The maximum absolute atomic E-state index is 12.3. The fourth-order valence-corrected chi connectivity index (χ4v) is 5.17. The topological polar surface area (TPSA) is 45.5 Å². The lowest BCUT2D eigenvalue weighted by atomic mass is 9.66. The third-order valence-corrected chi connectivity index (χ3v) is 6.19. The van der Waals surface area contributed by atoms with E-state index in [1.54, 1.807) is 4.57 Å². The zero-order chi connectivity index (χ0) is 20.0. The van der Waals surface area contributed by atoms with Crippen molar-refractivity contribution < 1.29 is 15.4 Å². The van der Waals surface area contributed by atoms with Crippen molar-refractivity contribution in [2.75, 3.05) is 13.1 Å². The smallest absolute Gasteiger partial charge is 0.352 e. The minimum Gasteiger partial charge on any atom is -0.477 e. The Morgan fingerprint density at radius 1 is 1.42 bits per heavy atom. The summed E-state index contributed by atoms with van der Waals surface area (Å²) in [7, 11) is 0. The van der Waals surface area contributed by atoms with Gasteiger partial charge in [0.1, 0.15) is 5.70 Å². The van der Waals surface area contributed by atoms with Gasteiger partial charge in [-0.05, 0) is 49.9 Å². The minimum atomic E-state index is -1.05. The first-order chi connectivity index (χ1) is 13.3. The van der Waals surface area contributed by atoms with E-state index in [9.17, 15) is 9.90 Å². The molecule has 4 heteroatoms. The SMILES string of the molecule is [2H]c1c([2H])c([2H])c2c(c1[2H])c1c3n2C(C(=O)O)=C[C@@]2(CC)CCCN(CC1)[C@H]32. The van der Waals surface area contributed by atoms with Gasteiger partial charge < -0.3 is 9.67 Å². The number of nitrogens with zero attached hydrogens (tertiary/aromatic N) is 2. The maximum atomic E-state index is 12.3. The monoisotopic (exact) mass is 326 g/mol. The van der Waals surface area contributed by atoms with Crippen molar-refractivity contribution in [1.29, 1.82) is 0 Å². The third kappa shape index (κ3) is 1.59. The Morgan fingerprint density at radius 3 is 3.04 bits per heavy atom. The van der Waals surface area contributed by atoms with Crippen molar-refractivity contribution in [2.24, 2.45) is 5.41 Å². The molecule has 24 heavy (non-hydrogen) atoms. The van der Waals surface area contributed by atoms with Crippen LogP contribution in [0.5, 0.6) is 0 Å². The number of hydrogen-bond acceptors (Lipinski definition) is 2. The molecular formula is C20H22N2O2. The van der Waals surface area contributed by atoms with Crippen LogP contribution < -0.4 is 0 Å². The second-order valence-corrected chi connectivity index (χ2v) is 7.14. The highest BCUT2D eigenvalue weighted by atomic mass is 16.4. The number of carboxylic acid groups (broad SMARTS) is 1. The molecule has 2 aromatic rings. The van der Waals surface area contributed by atoms with E-state index in [0.717, 1.165) is 43.6 Å². The minimum absolute atomic E-state index is 0.0210. The summed E-state index contributed by atoms with van der Waals surface area (Å²) in [6.07, 6.45) is 5.29. The van der Waals surface area contributed by atoms with Crippen LogP contribution in [0.25, 0.3) is 16.6 Å². The fraction of sp³-hybridized carbons (Fsp3) is 0.450. The number of rotatable bonds is 2. The van der Waals surface area contributed by atoms with Gasteiger partial charge in [-0.3, -0.25) is 4.90 Å². The molecule has 4 nitrogen and oxygen atoms in total. The van der Waals surface area contributed by atoms with Crippen LogP contribution in [0.15, 0.2) is 30.2 Å². The Morgan fingerprint density at radius 2 is 2.25 bits per heavy atom. The number of benzene rings is 1. The largest absolute Gasteiger partial charge is 0.477 e. The van der Waals surface area contributed by atoms with Gasteiger partial charge in [0.25, 0.3) is 0 Å². The molecule has 0 spiro atoms. The normalized spacial score (nSPS) is 30.9. The van der Waals surface area contributed by atoms with Crippen molar-refractivity contribution in [1.82, 2.24) is 9.47 Å². The number of fused-ring (bicyclic) bond motifs is 3. The summed E-state index contributed by atoms with van der Waals surface area (Å²) < 4.78 is 34.8. The van der Waals surface area contributed by atoms with Gasteiger partial charge in [-0.2, -0.15) is 0 Å². The number of aromatic nitrogens is 1. The molecule has 1 saturated heterocycles. The number of carboxylic acids is 1. The lowest BCUT2D eigenvalue weighted by Crippen LogP contribution is -2.51. The highest BCUT2D eigenvalue weighted by molar-refractivity contribution is 6.12. The number of aliphatic carboxylic acids is 1. The number of hydrogen-bond donors (Lipinski definition) is 1. The van der Waals surface area contributed by atoms with Crippen LogP contribution in [0, 0.1) is 5.41 Å². The number of para-hydroxylation sites is 1. The molecule has 1 aromatic carbocycles. The Labute approximate surface area is 147 Å². The van der Waals surface area contributed by atoms with Crippen molar-refractivity contribution in [2.45, 2.75) is 38.6 Å². The van der Waals surface area contributed by atoms with Crippen LogP contribution in [-0.4, -0.2) is 33.6 Å². The van der Waals surface area contributed by atoms with Gasteiger partial charge in [0.2, 0.25) is 0 Å². The average molecular weight is 326 g/mol. The molecule has 0 aliphatic carbocycles. The summed E-state index contributed by atoms with van der Waals surface area (Å²) in [5, 5.41) is 10.5. The number of piperidine rings is 1. The molecule has 3 aliphatic rings. The van der Waals surface area contributed by atoms with Crippen LogP contribution in [-0.2, 0) is 11.2 Å². The lowest BCUT2D eigenvalue weighted by Gasteiger charge is -2.53. The van der Waals surface area contributed by atoms with Gasteiger partial charge in [-0.1, -0.05) is 25.1 Å². The molecule has 124 valence electrons. The molecular weight excluding hydrogens is 300 g/mol. The standard InChI is InChI=1S/C20H22N2O2/c1-2-20-9-5-10-21-11-8-14-13-6-3-4-7-15(13)22(17(14)18(20)21)16(12-20)19(23)24/h3-4,6-7,12,18H,2,5,8-11H2,1H3,(H,23,24)/t18-,20-/m1/s1/i3D,4D,6D,7D. The van der Waals surface area contributed by atoms with E-state index >= 15 is 0 Å². The highest BCUT2D eigenvalue weighted by Gasteiger charge is 2.50. The van der Waals surface area contributed by atoms with Crippen LogP contribution in [0.2, 0.25) is 0 Å². The molecule has 3 aliphatic heterocycles. The molecule has 0 bridgehead atoms. The van der Waals surface area contributed by atoms with Gasteiger partial charge in [-0.15, -0.1) is 0 Å². The Hall–Kier alpha value is -2.07. The molecule has 2 atom stereocenters. The first-order valence-electron chi connectivity index (χ1n) is 10.7. The quantitative estimate of drug-likeness (QED) is 0.916. The van der Waals surface area contributed by atoms with Crippen LogP contribution in [0.3, 0.4) is 0 Å². The van der Waals surface area contributed by atoms with Gasteiger partial charge in [0.15, 0.2) is 0 Å². The number of carbonyl (C=O) groups is 1. The first-order valence-corrected chi connectivity index (χ1v) is 8.66. The highest BCUT2D eigenvalue weighted by Crippen LogP contribution is 2.56. The van der Waals surface area contributed by atoms with Crippen molar-refractivity contribution in [3.8, 4) is 0 Å².